The first-order chi connectivity index (χ1) is 7.73. The van der Waals surface area contributed by atoms with Gasteiger partial charge in [-0.2, -0.15) is 0 Å². The van der Waals surface area contributed by atoms with Crippen molar-refractivity contribution in [2.45, 2.75) is 0 Å². The van der Waals surface area contributed by atoms with E-state index in [2.05, 4.69) is 0 Å². The number of hydrogen-bond acceptors (Lipinski definition) is 12. The van der Waals surface area contributed by atoms with Gasteiger partial charge in [0, 0.05) is 31.2 Å². The minimum absolute atomic E-state index is 0. The van der Waals surface area contributed by atoms with E-state index in [0.717, 1.165) is 0 Å². The van der Waals surface area contributed by atoms with Crippen molar-refractivity contribution in [3.05, 3.63) is 0 Å². The topological polar surface area (TPSA) is 241 Å². The van der Waals surface area contributed by atoms with Crippen LogP contribution in [0, 0.1) is 0 Å². The molecule has 125 valence electrons. The van der Waals surface area contributed by atoms with Gasteiger partial charge >= 0.3 is 76.2 Å². The molecule has 0 aromatic carbocycles. The van der Waals surface area contributed by atoms with Crippen LogP contribution in [0.5, 0.6) is 0 Å². The van der Waals surface area contributed by atoms with Gasteiger partial charge < -0.3 is 27.3 Å². The van der Waals surface area contributed by atoms with Gasteiger partial charge in [-0.3, -0.25) is 25.3 Å². The minimum atomic E-state index is -5.17. The van der Waals surface area contributed by atoms with Gasteiger partial charge in [-0.05, 0) is 0 Å². The maximum atomic E-state index is 8.52. The molecule has 0 aliphatic heterocycles. The zero-order chi connectivity index (χ0) is 17.1. The molecule has 0 bridgehead atoms. The van der Waals surface area contributed by atoms with Crippen molar-refractivity contribution >= 4 is 96.2 Å². The molecule has 0 N–H and O–H groups in total. The first kappa shape index (κ1) is 38.6. The van der Waals surface area contributed by atoms with Crippen LogP contribution in [0.25, 0.3) is 0 Å². The summed E-state index contributed by atoms with van der Waals surface area (Å²) < 4.78 is 102. The Hall–Kier alpha value is 2.06. The third kappa shape index (κ3) is 2080. The van der Waals surface area contributed by atoms with E-state index in [0.29, 0.717) is 0 Å². The molecule has 0 saturated carbocycles. The standard InChI is InChI=1S/2Al.3ClH.Fe.3H2O4S/c;;;;;;3*1-5(2,3)4/h;;3*1H;;3*(H2,1,2,3,4)/q2*+3;;;;+3;;;/p-9. The Bertz CT molecular complexity index is 396. The van der Waals surface area contributed by atoms with E-state index in [1.807, 2.05) is 0 Å². The fraction of sp³-hybridized carbons (Fsp3) is 0. The van der Waals surface area contributed by atoms with Gasteiger partial charge in [0.15, 0.2) is 0 Å². The van der Waals surface area contributed by atoms with Crippen molar-refractivity contribution in [1.82, 2.24) is 0 Å². The Morgan fingerprint density at radius 2 is 0.524 bits per heavy atom. The second kappa shape index (κ2) is 18.4. The van der Waals surface area contributed by atoms with Gasteiger partial charge in [-0.1, -0.05) is 0 Å². The Morgan fingerprint density at radius 1 is 0.524 bits per heavy atom. The van der Waals surface area contributed by atoms with Gasteiger partial charge in [0.05, 0.1) is 0 Å². The van der Waals surface area contributed by atoms with E-state index in [4.69, 9.17) is 82.9 Å². The third-order valence-electron chi connectivity index (χ3n) is 0. The SMILES string of the molecule is O=S(=O)([O-])[O-].O=S(=O)([O-])[O-].O=S(=O)([O-])[O-].[Al+3].[Al+3].[Cl][Fe]([Cl])[Cl]. The molecule has 0 spiro atoms. The van der Waals surface area contributed by atoms with Crippen LogP contribution in [-0.4, -0.2) is 87.3 Å². The van der Waals surface area contributed by atoms with E-state index in [9.17, 15) is 0 Å². The summed E-state index contributed by atoms with van der Waals surface area (Å²) in [5, 5.41) is 0. The Kier molecular flexibility index (Phi) is 33.8. The van der Waals surface area contributed by atoms with E-state index in [1.165, 1.54) is 0 Å². The Labute approximate surface area is 158 Å². The Balaban J connectivity index is -0.0000000347. The molecule has 0 aliphatic rings. The molecule has 0 aromatic rings. The molecule has 0 unspecified atom stereocenters. The first-order valence-electron chi connectivity index (χ1n) is 2.40. The van der Waals surface area contributed by atoms with Gasteiger partial charge in [-0.15, -0.1) is 0 Å². The van der Waals surface area contributed by atoms with E-state index < -0.39 is 42.4 Å². The summed E-state index contributed by atoms with van der Waals surface area (Å²) in [6.07, 6.45) is 0. The molecule has 0 amide bonds. The summed E-state index contributed by atoms with van der Waals surface area (Å²) in [4.78, 5) is 0. The summed E-state index contributed by atoms with van der Waals surface area (Å²) in [6.45, 7) is 0. The van der Waals surface area contributed by atoms with Gasteiger partial charge in [0.1, 0.15) is 0 Å². The van der Waals surface area contributed by atoms with Crippen LogP contribution in [0.15, 0.2) is 0 Å². The fourth-order valence-electron chi connectivity index (χ4n) is 0. The molecule has 0 aliphatic carbocycles. The normalized spacial score (nSPS) is 10.4. The molecule has 0 saturated heterocycles. The average Bonchev–Trinajstić information content (AvgIpc) is 1.66. The summed E-state index contributed by atoms with van der Waals surface area (Å²) in [5.41, 5.74) is 0. The zero-order valence-electron chi connectivity index (χ0n) is 8.77. The third-order valence-corrected chi connectivity index (χ3v) is 0. The number of hydrogen-bond donors (Lipinski definition) is 0. The quantitative estimate of drug-likeness (QED) is 0.186. The molecule has 0 heterocycles. The van der Waals surface area contributed by atoms with Crippen molar-refractivity contribution in [2.24, 2.45) is 0 Å². The molecular weight excluding hydrogens is 504 g/mol. The van der Waals surface area contributed by atoms with E-state index >= 15 is 0 Å². The monoisotopic (exact) mass is 503 g/mol. The van der Waals surface area contributed by atoms with Crippen molar-refractivity contribution in [2.75, 3.05) is 0 Å². The summed E-state index contributed by atoms with van der Waals surface area (Å²) >= 11 is -1.33. The molecule has 12 nitrogen and oxygen atoms in total. The van der Waals surface area contributed by atoms with Crippen LogP contribution in [0.3, 0.4) is 0 Å². The fourth-order valence-corrected chi connectivity index (χ4v) is 0. The van der Waals surface area contributed by atoms with Gasteiger partial charge in [0.2, 0.25) is 0 Å². The van der Waals surface area contributed by atoms with Gasteiger partial charge in [0.25, 0.3) is 0 Å². The van der Waals surface area contributed by atoms with Crippen LogP contribution >= 0.6 is 30.3 Å². The first-order valence-corrected chi connectivity index (χ1v) is 11.0. The summed E-state index contributed by atoms with van der Waals surface area (Å²) in [6, 6.07) is 0. The number of halogens is 3. The van der Waals surface area contributed by atoms with E-state index in [1.54, 1.807) is 0 Å². The molecule has 0 fully saturated rings. The second-order valence-electron chi connectivity index (χ2n) is 1.38. The second-order valence-corrected chi connectivity index (χ2v) is 9.30. The van der Waals surface area contributed by atoms with Crippen LogP contribution in [0.4, 0.5) is 0 Å². The van der Waals surface area contributed by atoms with Crippen molar-refractivity contribution in [3.8, 4) is 0 Å². The molecule has 21 heavy (non-hydrogen) atoms. The molecule has 0 atom stereocenters. The van der Waals surface area contributed by atoms with Crippen LogP contribution in [-0.2, 0) is 42.4 Å². The summed E-state index contributed by atoms with van der Waals surface area (Å²) in [5.74, 6) is 0. The van der Waals surface area contributed by atoms with Gasteiger partial charge in [-0.25, -0.2) is 0 Å². The summed E-state index contributed by atoms with van der Waals surface area (Å²) in [7, 11) is -0.833. The molecular formula is Al2Cl3FeO12S3. The zero-order valence-corrected chi connectivity index (χ0v) is 16.9. The number of rotatable bonds is 0. The molecule has 0 rings (SSSR count). The van der Waals surface area contributed by atoms with Crippen molar-refractivity contribution in [1.29, 1.82) is 0 Å². The van der Waals surface area contributed by atoms with Crippen LogP contribution in [0.1, 0.15) is 0 Å². The predicted molar refractivity (Wildman–Crippen MR) is 60.5 cm³/mol. The van der Waals surface area contributed by atoms with Crippen LogP contribution in [0.2, 0.25) is 0 Å². The molecule has 21 heteroatoms. The maximum absolute atomic E-state index is 8.52. The molecule has 0 radical (unpaired) electrons. The Morgan fingerprint density at radius 3 is 0.524 bits per heavy atom. The van der Waals surface area contributed by atoms with Crippen molar-refractivity contribution < 1.29 is 63.7 Å². The van der Waals surface area contributed by atoms with Crippen molar-refractivity contribution in [3.63, 3.8) is 0 Å². The predicted octanol–water partition coefficient (Wildman–Crippen LogP) is -2.71. The van der Waals surface area contributed by atoms with E-state index in [-0.39, 0.29) is 34.7 Å². The average molecular weight is 504 g/mol. The van der Waals surface area contributed by atoms with Crippen LogP contribution < -0.4 is 0 Å². The molecule has 0 aromatic heterocycles.